The van der Waals surface area contributed by atoms with Gasteiger partial charge in [0.1, 0.15) is 6.04 Å². The lowest BCUT2D eigenvalue weighted by Gasteiger charge is -2.51. The number of H-pyrrole nitrogens is 1. The van der Waals surface area contributed by atoms with Gasteiger partial charge in [-0.05, 0) is 23.8 Å². The van der Waals surface area contributed by atoms with E-state index < -0.39 is 18.0 Å². The fraction of sp³-hybridized carbons (Fsp3) is 0.273. The zero-order valence-corrected chi connectivity index (χ0v) is 16.9. The minimum atomic E-state index is -3.79. The lowest BCUT2D eigenvalue weighted by molar-refractivity contribution is -0.286. The van der Waals surface area contributed by atoms with E-state index in [9.17, 15) is 18.4 Å². The summed E-state index contributed by atoms with van der Waals surface area (Å²) in [6.07, 6.45) is -3.50. The number of alkyl halides is 2. The standard InChI is InChI=1S/C22H18F2N4O4/c1-27-10-18(29)28-15(20(27)30)9-13-12-4-2-3-5-14(12)26-19(13)21(28,25)11-6-7-16-17(8-11)32-22(23,24)31-16/h2-8,15,26H,9-10,25H2,1H3/t15-,21-/m1/s1. The topological polar surface area (TPSA) is 101 Å². The van der Waals surface area contributed by atoms with Crippen molar-refractivity contribution in [1.29, 1.82) is 0 Å². The molecule has 1 fully saturated rings. The van der Waals surface area contributed by atoms with Gasteiger partial charge in [0.2, 0.25) is 11.8 Å². The Labute approximate surface area is 180 Å². The summed E-state index contributed by atoms with van der Waals surface area (Å²) in [5.41, 5.74) is 7.84. The molecular weight excluding hydrogens is 422 g/mol. The Hall–Kier alpha value is -3.66. The number of carbonyl (C=O) groups is 2. The molecule has 0 aliphatic carbocycles. The number of rotatable bonds is 1. The van der Waals surface area contributed by atoms with Gasteiger partial charge in [-0.3, -0.25) is 15.3 Å². The molecule has 0 radical (unpaired) electrons. The summed E-state index contributed by atoms with van der Waals surface area (Å²) in [4.78, 5) is 32.3. The van der Waals surface area contributed by atoms with Crippen LogP contribution in [0.1, 0.15) is 16.8 Å². The highest BCUT2D eigenvalue weighted by Crippen LogP contribution is 2.47. The molecule has 3 aliphatic rings. The van der Waals surface area contributed by atoms with Gasteiger partial charge in [-0.25, -0.2) is 0 Å². The van der Waals surface area contributed by atoms with Crippen molar-refractivity contribution >= 4 is 22.7 Å². The average molecular weight is 440 g/mol. The number of aromatic amines is 1. The van der Waals surface area contributed by atoms with Crippen LogP contribution in [-0.4, -0.2) is 52.5 Å². The monoisotopic (exact) mass is 440 g/mol. The first-order chi connectivity index (χ1) is 15.2. The Morgan fingerprint density at radius 1 is 1.12 bits per heavy atom. The second kappa shape index (κ2) is 5.98. The lowest BCUT2D eigenvalue weighted by Crippen LogP contribution is -2.71. The third-order valence-electron chi connectivity index (χ3n) is 6.43. The fourth-order valence-electron chi connectivity index (χ4n) is 5.04. The number of likely N-dealkylation sites (N-methyl/N-ethyl adjacent to an activating group) is 1. The molecule has 164 valence electrons. The molecule has 0 spiro atoms. The Morgan fingerprint density at radius 2 is 1.88 bits per heavy atom. The molecule has 10 heteroatoms. The van der Waals surface area contributed by atoms with Gasteiger partial charge in [-0.1, -0.05) is 24.3 Å². The van der Waals surface area contributed by atoms with Crippen LogP contribution in [0.4, 0.5) is 8.78 Å². The number of hydrogen-bond acceptors (Lipinski definition) is 5. The molecule has 4 heterocycles. The highest BCUT2D eigenvalue weighted by Gasteiger charge is 2.55. The number of fused-ring (bicyclic) bond motifs is 5. The summed E-state index contributed by atoms with van der Waals surface area (Å²) in [7, 11) is 1.57. The smallest absolute Gasteiger partial charge is 0.395 e. The SMILES string of the molecule is CN1CC(=O)N2[C@H](Cc3c([nH]c4ccccc34)[C@@]2(N)c2ccc3c(c2)OC(F)(F)O3)C1=O. The molecule has 6 rings (SSSR count). The van der Waals surface area contributed by atoms with Crippen LogP contribution in [0.25, 0.3) is 10.9 Å². The Kier molecular flexibility index (Phi) is 3.56. The number of piperazine rings is 1. The van der Waals surface area contributed by atoms with E-state index in [1.165, 1.54) is 28.0 Å². The predicted octanol–water partition coefficient (Wildman–Crippen LogP) is 1.87. The van der Waals surface area contributed by atoms with E-state index in [0.29, 0.717) is 11.3 Å². The lowest BCUT2D eigenvalue weighted by atomic mass is 9.82. The minimum absolute atomic E-state index is 0.132. The second-order valence-corrected chi connectivity index (χ2v) is 8.30. The first-order valence-corrected chi connectivity index (χ1v) is 10.1. The minimum Gasteiger partial charge on any atom is -0.395 e. The Morgan fingerprint density at radius 3 is 2.69 bits per heavy atom. The van der Waals surface area contributed by atoms with Gasteiger partial charge in [0.25, 0.3) is 0 Å². The molecule has 1 aromatic heterocycles. The molecule has 32 heavy (non-hydrogen) atoms. The third kappa shape index (κ3) is 2.38. The quantitative estimate of drug-likeness (QED) is 0.602. The van der Waals surface area contributed by atoms with Gasteiger partial charge in [0, 0.05) is 29.9 Å². The van der Waals surface area contributed by atoms with Gasteiger partial charge in [-0.15, -0.1) is 8.78 Å². The van der Waals surface area contributed by atoms with Crippen LogP contribution in [0.5, 0.6) is 11.5 Å². The fourth-order valence-corrected chi connectivity index (χ4v) is 5.04. The molecule has 1 saturated heterocycles. The molecule has 0 unspecified atom stereocenters. The van der Waals surface area contributed by atoms with Gasteiger partial charge >= 0.3 is 6.29 Å². The number of amides is 2. The summed E-state index contributed by atoms with van der Waals surface area (Å²) in [5.74, 6) is -0.896. The van der Waals surface area contributed by atoms with Crippen LogP contribution in [0.2, 0.25) is 0 Å². The van der Waals surface area contributed by atoms with Crippen molar-refractivity contribution in [3.63, 3.8) is 0 Å². The molecule has 0 bridgehead atoms. The number of hydrogen-bond donors (Lipinski definition) is 2. The molecule has 2 aromatic carbocycles. The molecule has 0 saturated carbocycles. The number of aromatic nitrogens is 1. The number of ether oxygens (including phenoxy) is 2. The molecule has 3 aliphatic heterocycles. The maximum Gasteiger partial charge on any atom is 0.586 e. The first kappa shape index (κ1) is 19.1. The van der Waals surface area contributed by atoms with Gasteiger partial charge in [0.05, 0.1) is 12.2 Å². The molecule has 3 N–H and O–H groups in total. The van der Waals surface area contributed by atoms with Crippen LogP contribution in [0.3, 0.4) is 0 Å². The van der Waals surface area contributed by atoms with E-state index in [0.717, 1.165) is 16.5 Å². The molecule has 8 nitrogen and oxygen atoms in total. The summed E-state index contributed by atoms with van der Waals surface area (Å²) in [6, 6.07) is 10.9. The number of benzene rings is 2. The van der Waals surface area contributed by atoms with E-state index in [-0.39, 0.29) is 36.3 Å². The van der Waals surface area contributed by atoms with Crippen molar-refractivity contribution < 1.29 is 27.8 Å². The van der Waals surface area contributed by atoms with Crippen molar-refractivity contribution in [2.24, 2.45) is 5.73 Å². The summed E-state index contributed by atoms with van der Waals surface area (Å²) < 4.78 is 36.3. The molecule has 2 atom stereocenters. The van der Waals surface area contributed by atoms with Crippen LogP contribution < -0.4 is 15.2 Å². The van der Waals surface area contributed by atoms with Crippen LogP contribution in [0, 0.1) is 0 Å². The number of halogens is 2. The summed E-state index contributed by atoms with van der Waals surface area (Å²) in [5, 5.41) is 0.887. The summed E-state index contributed by atoms with van der Waals surface area (Å²) in [6.45, 7) is -0.132. The highest BCUT2D eigenvalue weighted by molar-refractivity contribution is 5.98. The van der Waals surface area contributed by atoms with E-state index in [1.807, 2.05) is 24.3 Å². The largest absolute Gasteiger partial charge is 0.586 e. The Bertz CT molecular complexity index is 1320. The van der Waals surface area contributed by atoms with E-state index >= 15 is 0 Å². The number of nitrogens with two attached hydrogens (primary N) is 1. The predicted molar refractivity (Wildman–Crippen MR) is 108 cm³/mol. The van der Waals surface area contributed by atoms with Gasteiger partial charge < -0.3 is 24.3 Å². The summed E-state index contributed by atoms with van der Waals surface area (Å²) >= 11 is 0. The van der Waals surface area contributed by atoms with Crippen molar-refractivity contribution in [1.82, 2.24) is 14.8 Å². The number of para-hydroxylation sites is 1. The van der Waals surface area contributed by atoms with Crippen LogP contribution in [0.15, 0.2) is 42.5 Å². The van der Waals surface area contributed by atoms with E-state index in [1.54, 1.807) is 7.05 Å². The molecule has 2 amide bonds. The second-order valence-electron chi connectivity index (χ2n) is 8.30. The van der Waals surface area contributed by atoms with Gasteiger partial charge in [-0.2, -0.15) is 0 Å². The zero-order valence-electron chi connectivity index (χ0n) is 16.9. The van der Waals surface area contributed by atoms with Gasteiger partial charge in [0.15, 0.2) is 17.2 Å². The first-order valence-electron chi connectivity index (χ1n) is 10.1. The van der Waals surface area contributed by atoms with Crippen molar-refractivity contribution in [3.05, 3.63) is 59.3 Å². The molecular formula is C22H18F2N4O4. The number of nitrogens with zero attached hydrogens (tertiary/aromatic N) is 2. The van der Waals surface area contributed by atoms with Crippen molar-refractivity contribution in [2.75, 3.05) is 13.6 Å². The normalized spacial score (nSPS) is 25.8. The van der Waals surface area contributed by atoms with E-state index in [2.05, 4.69) is 14.5 Å². The maximum atomic E-state index is 13.6. The van der Waals surface area contributed by atoms with E-state index in [4.69, 9.17) is 5.73 Å². The van der Waals surface area contributed by atoms with Crippen LogP contribution >= 0.6 is 0 Å². The average Bonchev–Trinajstić information content (AvgIpc) is 3.27. The maximum absolute atomic E-state index is 13.6. The highest BCUT2D eigenvalue weighted by atomic mass is 19.3. The van der Waals surface area contributed by atoms with Crippen molar-refractivity contribution in [3.8, 4) is 11.5 Å². The molecule has 3 aromatic rings. The van der Waals surface area contributed by atoms with Crippen LogP contribution in [-0.2, 0) is 21.7 Å². The number of carbonyl (C=O) groups excluding carboxylic acids is 2. The third-order valence-corrected chi connectivity index (χ3v) is 6.43. The Balaban J connectivity index is 1.61. The number of nitrogens with one attached hydrogen (secondary N) is 1. The van der Waals surface area contributed by atoms with Crippen molar-refractivity contribution in [2.45, 2.75) is 24.4 Å². The zero-order chi connectivity index (χ0) is 22.4.